The van der Waals surface area contributed by atoms with Crippen LogP contribution in [0.5, 0.6) is 11.5 Å². The zero-order chi connectivity index (χ0) is 48.4. The Kier molecular flexibility index (Phi) is 12.1. The molecule has 0 unspecified atom stereocenters. The third-order valence-corrected chi connectivity index (χ3v) is 15.0. The second-order valence-corrected chi connectivity index (χ2v) is 20.1. The fourth-order valence-electron chi connectivity index (χ4n) is 11.4. The smallest absolute Gasteiger partial charge is 0.198 e. The van der Waals surface area contributed by atoms with Gasteiger partial charge in [-0.15, -0.1) is 0 Å². The molecule has 10 rings (SSSR count). The summed E-state index contributed by atoms with van der Waals surface area (Å²) in [5, 5.41) is 89.6. The minimum absolute atomic E-state index is 0.0143. The standard InChI is InChI=1S/C50H60O18/c1-21-30(52)10-12-37(62-21)68-50-35(54)19-48(5,59)20-49(50,60)15-14-27-41(50)47-39-29(46(67-47)25-6-8-26(51)9-7-25)16-28(45(58)40(39)44(27)57)33-18-34(43(56)24(4)61-33)66-36-13-11-32(22(2)63-36)65-38-17-31(53)42(55)23(3)64-38/h6-9,14-16,21-24,30-34,36-38,42-43,51-53,55-56,58-60H,10-13,17-20H2,1-5H3/t21-,22-,23-,24-,30-,31-,32-,33-,34-,36-,37-,38+,42+,43+,48+,49-,50+/m1/s1. The van der Waals surface area contributed by atoms with Crippen LogP contribution in [0.4, 0.5) is 0 Å². The molecule has 1 saturated carbocycles. The van der Waals surface area contributed by atoms with Gasteiger partial charge in [0.15, 0.2) is 36.0 Å². The number of fused-ring (bicyclic) bond motifs is 3. The van der Waals surface area contributed by atoms with Crippen molar-refractivity contribution >= 4 is 27.9 Å². The van der Waals surface area contributed by atoms with Gasteiger partial charge in [0.05, 0.1) is 66.1 Å². The van der Waals surface area contributed by atoms with Crippen molar-refractivity contribution in [3.63, 3.8) is 0 Å². The fraction of sp³-hybridized carbons (Fsp3) is 0.600. The molecule has 0 bridgehead atoms. The van der Waals surface area contributed by atoms with Gasteiger partial charge in [-0.05, 0) is 83.9 Å². The van der Waals surface area contributed by atoms with Crippen molar-refractivity contribution < 1.29 is 88.0 Å². The van der Waals surface area contributed by atoms with Crippen LogP contribution in [0.1, 0.15) is 114 Å². The second-order valence-electron chi connectivity index (χ2n) is 20.1. The minimum Gasteiger partial charge on any atom is -0.508 e. The molecule has 1 aromatic heterocycles. The summed E-state index contributed by atoms with van der Waals surface area (Å²) >= 11 is 0. The Hall–Kier alpha value is -4.12. The van der Waals surface area contributed by atoms with E-state index in [2.05, 4.69) is 0 Å². The number of allylic oxidation sites excluding steroid dienone is 2. The van der Waals surface area contributed by atoms with Gasteiger partial charge in [0.25, 0.3) is 0 Å². The summed E-state index contributed by atoms with van der Waals surface area (Å²) < 4.78 is 50.6. The van der Waals surface area contributed by atoms with E-state index in [1.165, 1.54) is 31.2 Å². The first-order valence-corrected chi connectivity index (χ1v) is 23.6. The highest BCUT2D eigenvalue weighted by atomic mass is 16.7. The van der Waals surface area contributed by atoms with E-state index in [0.29, 0.717) is 23.8 Å². The number of aliphatic hydroxyl groups is 6. The summed E-state index contributed by atoms with van der Waals surface area (Å²) in [6.45, 7) is 8.24. The summed E-state index contributed by atoms with van der Waals surface area (Å²) in [5.74, 6) is -1.80. The number of aliphatic hydroxyl groups excluding tert-OH is 4. The lowest BCUT2D eigenvalue weighted by atomic mass is 9.58. The van der Waals surface area contributed by atoms with Crippen molar-refractivity contribution in [1.82, 2.24) is 0 Å². The maximum atomic E-state index is 15.2. The van der Waals surface area contributed by atoms with Crippen LogP contribution < -0.4 is 0 Å². The van der Waals surface area contributed by atoms with Crippen LogP contribution in [0.25, 0.3) is 27.7 Å². The van der Waals surface area contributed by atoms with E-state index in [0.717, 1.165) is 0 Å². The highest BCUT2D eigenvalue weighted by Crippen LogP contribution is 2.60. The van der Waals surface area contributed by atoms with E-state index >= 15 is 4.79 Å². The van der Waals surface area contributed by atoms with Crippen LogP contribution in [-0.4, -0.2) is 149 Å². The van der Waals surface area contributed by atoms with Gasteiger partial charge >= 0.3 is 0 Å². The van der Waals surface area contributed by atoms with Gasteiger partial charge in [-0.3, -0.25) is 9.59 Å². The van der Waals surface area contributed by atoms with Gasteiger partial charge in [-0.25, -0.2) is 0 Å². The summed E-state index contributed by atoms with van der Waals surface area (Å²) in [5.41, 5.74) is -6.04. The lowest BCUT2D eigenvalue weighted by Crippen LogP contribution is -2.70. The van der Waals surface area contributed by atoms with Crippen LogP contribution in [0.3, 0.4) is 0 Å². The zero-order valence-electron chi connectivity index (χ0n) is 38.4. The molecule has 0 amide bonds. The molecule has 17 atom stereocenters. The van der Waals surface area contributed by atoms with E-state index < -0.39 is 127 Å². The molecule has 7 aliphatic rings. The monoisotopic (exact) mass is 948 g/mol. The molecule has 5 heterocycles. The van der Waals surface area contributed by atoms with Crippen molar-refractivity contribution in [1.29, 1.82) is 0 Å². The highest BCUT2D eigenvalue weighted by molar-refractivity contribution is 6.31. The largest absolute Gasteiger partial charge is 0.508 e. The number of carbonyl (C=O) groups is 2. The van der Waals surface area contributed by atoms with E-state index in [4.69, 9.17) is 37.6 Å². The average Bonchev–Trinajstić information content (AvgIpc) is 3.64. The van der Waals surface area contributed by atoms with Gasteiger partial charge in [0.1, 0.15) is 40.8 Å². The molecule has 368 valence electrons. The van der Waals surface area contributed by atoms with Crippen molar-refractivity contribution in [2.24, 2.45) is 0 Å². The van der Waals surface area contributed by atoms with E-state index in [9.17, 15) is 45.6 Å². The Labute approximate surface area is 391 Å². The summed E-state index contributed by atoms with van der Waals surface area (Å²) in [6.07, 6.45) is -8.28. The molecule has 4 saturated heterocycles. The Bertz CT molecular complexity index is 2520. The highest BCUT2D eigenvalue weighted by Gasteiger charge is 2.68. The summed E-state index contributed by atoms with van der Waals surface area (Å²) in [4.78, 5) is 30.1. The molecule has 18 nitrogen and oxygen atoms in total. The number of hydrogen-bond acceptors (Lipinski definition) is 18. The predicted octanol–water partition coefficient (Wildman–Crippen LogP) is 3.88. The number of benzene rings is 2. The van der Waals surface area contributed by atoms with Crippen molar-refractivity contribution in [3.8, 4) is 22.8 Å². The Morgan fingerprint density at radius 1 is 0.721 bits per heavy atom. The number of ether oxygens (including phenoxy) is 7. The number of carbonyl (C=O) groups excluding carboxylic acids is 2. The van der Waals surface area contributed by atoms with Crippen molar-refractivity contribution in [2.45, 2.75) is 189 Å². The Balaban J connectivity index is 1.01. The first-order chi connectivity index (χ1) is 32.2. The normalized spacial score (nSPS) is 41.8. The Morgan fingerprint density at radius 3 is 2.10 bits per heavy atom. The van der Waals surface area contributed by atoms with E-state index in [1.54, 1.807) is 39.0 Å². The molecule has 2 aromatic carbocycles. The number of rotatable bonds is 8. The fourth-order valence-corrected chi connectivity index (χ4v) is 11.4. The molecule has 3 aromatic rings. The molecule has 3 aliphatic carbocycles. The second kappa shape index (κ2) is 17.3. The number of phenolic OH excluding ortho intramolecular Hbond substituents is 2. The lowest BCUT2D eigenvalue weighted by Gasteiger charge is -2.55. The topological polar surface area (TPSA) is 274 Å². The van der Waals surface area contributed by atoms with Crippen LogP contribution in [0, 0.1) is 0 Å². The molecule has 68 heavy (non-hydrogen) atoms. The maximum Gasteiger partial charge on any atom is 0.198 e. The molecule has 18 heteroatoms. The molecule has 4 aliphatic heterocycles. The van der Waals surface area contributed by atoms with Gasteiger partial charge in [0, 0.05) is 71.6 Å². The number of phenols is 2. The SMILES string of the molecule is C[C@H]1O[C@@H](O[C@@H]2CC[C@@H](O[C@@H]3C[C@H](c4cc5c(-c6ccc(O)cc6)oc6c5c(c4O)C(=O)C4=C6[C@@]5(O[C@@H]6CC[C@@H](O)[C@@H](C)O6)C(=O)C[C@](C)(O)C[C@]5(O)C=C4)O[C@H](C)[C@@H]3O)O[C@@H]2C)C[C@@H](O)[C@H]1O. The first kappa shape index (κ1) is 47.6. The van der Waals surface area contributed by atoms with Gasteiger partial charge in [-0.1, -0.05) is 6.08 Å². The molecule has 0 spiro atoms. The van der Waals surface area contributed by atoms with Crippen molar-refractivity contribution in [3.05, 3.63) is 64.9 Å². The van der Waals surface area contributed by atoms with Crippen molar-refractivity contribution in [2.75, 3.05) is 0 Å². The van der Waals surface area contributed by atoms with Gasteiger partial charge in [-0.2, -0.15) is 0 Å². The van der Waals surface area contributed by atoms with Crippen LogP contribution >= 0.6 is 0 Å². The molecule has 8 N–H and O–H groups in total. The maximum absolute atomic E-state index is 15.2. The van der Waals surface area contributed by atoms with Crippen LogP contribution in [-0.2, 0) is 38.0 Å². The molecule has 0 radical (unpaired) electrons. The van der Waals surface area contributed by atoms with Crippen LogP contribution in [0.2, 0.25) is 0 Å². The molecular weight excluding hydrogens is 889 g/mol. The third-order valence-electron chi connectivity index (χ3n) is 15.0. The van der Waals surface area contributed by atoms with E-state index in [1.807, 2.05) is 6.92 Å². The number of Topliss-reactive ketones (excluding diaryl/α,β-unsaturated/α-hetero) is 2. The molecule has 5 fully saturated rings. The van der Waals surface area contributed by atoms with E-state index in [-0.39, 0.29) is 77.0 Å². The minimum atomic E-state index is -2.37. The first-order valence-electron chi connectivity index (χ1n) is 23.6. The quantitative estimate of drug-likeness (QED) is 0.159. The number of aromatic hydroxyl groups is 2. The lowest BCUT2D eigenvalue weighted by molar-refractivity contribution is -0.306. The summed E-state index contributed by atoms with van der Waals surface area (Å²) in [6, 6.07) is 7.73. The van der Waals surface area contributed by atoms with Gasteiger partial charge < -0.3 is 78.4 Å². The predicted molar refractivity (Wildman–Crippen MR) is 237 cm³/mol. The average molecular weight is 949 g/mol. The molecular formula is C50H60O18. The Morgan fingerprint density at radius 2 is 1.40 bits per heavy atom. The number of furan rings is 1. The zero-order valence-corrected chi connectivity index (χ0v) is 38.4. The van der Waals surface area contributed by atoms with Gasteiger partial charge in [0.2, 0.25) is 0 Å². The number of ketones is 2. The van der Waals surface area contributed by atoms with Crippen LogP contribution in [0.15, 0.2) is 52.5 Å². The third kappa shape index (κ3) is 7.85. The summed E-state index contributed by atoms with van der Waals surface area (Å²) in [7, 11) is 0. The number of hydrogen-bond donors (Lipinski definition) is 8.